The largest absolute Gasteiger partial charge is 1.00 e. The number of aryl methyl sites for hydroxylation is 1. The predicted octanol–water partition coefficient (Wildman–Crippen LogP) is 2.40. The van der Waals surface area contributed by atoms with Crippen LogP contribution in [0.3, 0.4) is 0 Å². The van der Waals surface area contributed by atoms with E-state index < -0.39 is 0 Å². The van der Waals surface area contributed by atoms with Crippen LogP contribution in [0.25, 0.3) is 21.9 Å². The zero-order valence-corrected chi connectivity index (χ0v) is 19.6. The fourth-order valence-corrected chi connectivity index (χ4v) is 2.49. The summed E-state index contributed by atoms with van der Waals surface area (Å²) < 4.78 is 10.6. The Morgan fingerprint density at radius 2 is 1.30 bits per heavy atom. The molecule has 7 nitrogen and oxygen atoms in total. The topological polar surface area (TPSA) is 125 Å². The van der Waals surface area contributed by atoms with Crippen LogP contribution in [0.5, 0.6) is 0 Å². The number of furan rings is 2. The van der Waals surface area contributed by atoms with Crippen LogP contribution in [0.15, 0.2) is 63.6 Å². The normalized spacial score (nSPS) is 8.37. The van der Waals surface area contributed by atoms with Crippen LogP contribution in [0, 0.1) is 0 Å². The van der Waals surface area contributed by atoms with Crippen molar-refractivity contribution in [3.8, 4) is 0 Å². The Morgan fingerprint density at radius 1 is 0.800 bits per heavy atom. The van der Waals surface area contributed by atoms with Gasteiger partial charge in [-0.3, -0.25) is 0 Å². The maximum absolute atomic E-state index is 8.12. The van der Waals surface area contributed by atoms with Gasteiger partial charge in [-0.15, -0.1) is 0 Å². The number of hydrogen-bond acceptors (Lipinski definition) is 7. The molecule has 152 valence electrons. The average Bonchev–Trinajstić information content (AvgIpc) is 3.29. The van der Waals surface area contributed by atoms with E-state index in [9.17, 15) is 0 Å². The first-order chi connectivity index (χ1) is 13.5. The molecule has 0 amide bonds. The molecule has 2 aromatic carbocycles. The van der Waals surface area contributed by atoms with E-state index in [1.807, 2.05) is 42.5 Å². The first-order valence-corrected chi connectivity index (χ1v) is 8.53. The number of rotatable bonds is 1. The van der Waals surface area contributed by atoms with Crippen LogP contribution >= 0.6 is 23.2 Å². The summed E-state index contributed by atoms with van der Waals surface area (Å²) in [5, 5.41) is 3.64. The van der Waals surface area contributed by atoms with Gasteiger partial charge in [-0.05, 0) is 48.5 Å². The van der Waals surface area contributed by atoms with Gasteiger partial charge in [0, 0.05) is 27.2 Å². The van der Waals surface area contributed by atoms with Crippen LogP contribution < -0.4 is 29.6 Å². The molecule has 0 saturated heterocycles. The smallest absolute Gasteiger partial charge is 0.870 e. The summed E-state index contributed by atoms with van der Waals surface area (Å²) in [4.78, 5) is 32.5. The molecule has 2 aromatic heterocycles. The fourth-order valence-electron chi connectivity index (χ4n) is 2.16. The monoisotopic (exact) mass is 460 g/mol. The Hall–Kier alpha value is -2.18. The van der Waals surface area contributed by atoms with Crippen LogP contribution in [0.2, 0.25) is 10.0 Å². The van der Waals surface area contributed by atoms with Crippen molar-refractivity contribution in [1.29, 1.82) is 0 Å². The Morgan fingerprint density at radius 3 is 1.83 bits per heavy atom. The molecule has 10 heteroatoms. The molecule has 4 aromatic rings. The minimum absolute atomic E-state index is 0. The number of halogens is 2. The van der Waals surface area contributed by atoms with Gasteiger partial charge in [0.15, 0.2) is 0 Å². The van der Waals surface area contributed by atoms with Crippen LogP contribution in [0.4, 0.5) is 0 Å². The van der Waals surface area contributed by atoms with Gasteiger partial charge in [0.1, 0.15) is 16.9 Å². The molecule has 4 rings (SSSR count). The third-order valence-corrected chi connectivity index (χ3v) is 3.77. The number of fused-ring (bicyclic) bond motifs is 2. The van der Waals surface area contributed by atoms with Gasteiger partial charge >= 0.3 is 41.9 Å². The molecule has 0 saturated carbocycles. The molecule has 0 aliphatic carbocycles. The fraction of sp³-hybridized carbons (Fsp3) is 0.100. The Kier molecular flexibility index (Phi) is 16.6. The molecule has 0 unspecified atom stereocenters. The molecule has 0 spiro atoms. The molecular weight excluding hydrogens is 446 g/mol. The van der Waals surface area contributed by atoms with E-state index in [0.29, 0.717) is 5.02 Å². The average molecular weight is 461 g/mol. The third kappa shape index (κ3) is 10.0. The number of benzene rings is 2. The Balaban J connectivity index is 0. The molecule has 0 aliphatic heterocycles. The van der Waals surface area contributed by atoms with Crippen molar-refractivity contribution < 1.29 is 63.0 Å². The zero-order valence-electron chi connectivity index (χ0n) is 16.1. The first-order valence-electron chi connectivity index (χ1n) is 7.78. The summed E-state index contributed by atoms with van der Waals surface area (Å²) in [5.74, 6) is 1.01. The zero-order chi connectivity index (χ0) is 20.9. The molecule has 0 atom stereocenters. The van der Waals surface area contributed by atoms with Gasteiger partial charge in [-0.25, -0.2) is 0 Å². The van der Waals surface area contributed by atoms with Gasteiger partial charge < -0.3 is 14.3 Å². The van der Waals surface area contributed by atoms with Gasteiger partial charge in [-0.2, -0.15) is 19.2 Å². The second kappa shape index (κ2) is 16.6. The van der Waals surface area contributed by atoms with Crippen molar-refractivity contribution >= 4 is 57.4 Å². The summed E-state index contributed by atoms with van der Waals surface area (Å²) >= 11 is 11.5. The second-order valence-corrected chi connectivity index (χ2v) is 5.89. The molecule has 30 heavy (non-hydrogen) atoms. The van der Waals surface area contributed by atoms with E-state index in [0.717, 1.165) is 39.1 Å². The Bertz CT molecular complexity index is 1080. The molecule has 0 fully saturated rings. The Labute approximate surface area is 203 Å². The molecule has 0 radical (unpaired) electrons. The van der Waals surface area contributed by atoms with Crippen LogP contribution in [0.1, 0.15) is 12.7 Å². The number of carbonyl (C=O) groups excluding carboxylic acids is 4. The second-order valence-electron chi connectivity index (χ2n) is 5.02. The van der Waals surface area contributed by atoms with E-state index in [1.54, 1.807) is 12.3 Å². The van der Waals surface area contributed by atoms with Gasteiger partial charge in [-0.1, -0.05) is 30.1 Å². The van der Waals surface area contributed by atoms with E-state index in [1.165, 1.54) is 0 Å². The summed E-state index contributed by atoms with van der Waals surface area (Å²) in [6, 6.07) is 15.2. The molecule has 0 aliphatic rings. The van der Waals surface area contributed by atoms with Crippen LogP contribution in [-0.4, -0.2) is 17.8 Å². The summed E-state index contributed by atoms with van der Waals surface area (Å²) in [7, 11) is 0. The number of hydrogen-bond donors (Lipinski definition) is 0. The molecular formula is C20H15Cl2NaO7. The SMILES string of the molecule is CCc1cc2ccc(Cl)cc2o1.Clc1ccc2ccoc2c1.O=C=O.O=C=O.[Na+].[OH-]. The summed E-state index contributed by atoms with van der Waals surface area (Å²) in [6.45, 7) is 2.07. The van der Waals surface area contributed by atoms with Crippen LogP contribution in [-0.2, 0) is 25.6 Å². The first kappa shape index (κ1) is 30.0. The predicted molar refractivity (Wildman–Crippen MR) is 104 cm³/mol. The van der Waals surface area contributed by atoms with Crippen molar-refractivity contribution in [2.24, 2.45) is 0 Å². The summed E-state index contributed by atoms with van der Waals surface area (Å²) in [5.41, 5.74) is 1.71. The molecule has 2 heterocycles. The van der Waals surface area contributed by atoms with Crippen molar-refractivity contribution in [2.45, 2.75) is 13.3 Å². The van der Waals surface area contributed by atoms with Gasteiger partial charge in [0.25, 0.3) is 0 Å². The summed E-state index contributed by atoms with van der Waals surface area (Å²) in [6.07, 6.45) is 3.08. The van der Waals surface area contributed by atoms with Gasteiger partial charge in [0.2, 0.25) is 0 Å². The van der Waals surface area contributed by atoms with E-state index in [-0.39, 0.29) is 47.3 Å². The van der Waals surface area contributed by atoms with Crippen molar-refractivity contribution in [3.63, 3.8) is 0 Å². The van der Waals surface area contributed by atoms with E-state index in [2.05, 4.69) is 6.92 Å². The molecule has 0 bridgehead atoms. The van der Waals surface area contributed by atoms with Gasteiger partial charge in [0.05, 0.1) is 6.26 Å². The van der Waals surface area contributed by atoms with Crippen molar-refractivity contribution in [1.82, 2.24) is 0 Å². The quantitative estimate of drug-likeness (QED) is 0.399. The van der Waals surface area contributed by atoms with E-state index >= 15 is 0 Å². The molecule has 1 N–H and O–H groups in total. The van der Waals surface area contributed by atoms with Crippen molar-refractivity contribution in [3.05, 3.63) is 70.6 Å². The van der Waals surface area contributed by atoms with Crippen molar-refractivity contribution in [2.75, 3.05) is 0 Å². The maximum atomic E-state index is 8.12. The maximum Gasteiger partial charge on any atom is 1.00 e. The standard InChI is InChI=1S/C10H9ClO.C8H5ClO.2CO2.Na.H2O/c1-2-9-5-7-3-4-8(11)6-10(7)12-9;9-7-2-1-6-3-4-10-8(6)5-7;2*2-1-3;;/h3-6H,2H2,1H3;1-5H;;;;1H2/q;;;;+1;/p-1. The third-order valence-electron chi connectivity index (χ3n) is 3.30. The van der Waals surface area contributed by atoms with E-state index in [4.69, 9.17) is 51.2 Å². The minimum Gasteiger partial charge on any atom is -0.870 e. The minimum atomic E-state index is 0.